The smallest absolute Gasteiger partial charge is 0.377 e. The van der Waals surface area contributed by atoms with Gasteiger partial charge in [-0.3, -0.25) is 4.79 Å². The highest BCUT2D eigenvalue weighted by atomic mass is 32.2. The van der Waals surface area contributed by atoms with Crippen LogP contribution in [0.4, 0.5) is 13.2 Å². The first kappa shape index (κ1) is 33.7. The van der Waals surface area contributed by atoms with Gasteiger partial charge in [-0.15, -0.1) is 11.3 Å². The molecule has 0 bridgehead atoms. The molecular weight excluding hydrogens is 614 g/mol. The summed E-state index contributed by atoms with van der Waals surface area (Å²) in [6.45, 7) is 1.77. The number of thiophene rings is 1. The van der Waals surface area contributed by atoms with Crippen molar-refractivity contribution >= 4 is 37.1 Å². The predicted molar refractivity (Wildman–Crippen MR) is 155 cm³/mol. The lowest BCUT2D eigenvalue weighted by Gasteiger charge is -2.26. The van der Waals surface area contributed by atoms with Crippen LogP contribution < -0.4 is 0 Å². The van der Waals surface area contributed by atoms with E-state index in [0.717, 1.165) is 35.2 Å². The van der Waals surface area contributed by atoms with Gasteiger partial charge in [-0.2, -0.15) is 17.5 Å². The summed E-state index contributed by atoms with van der Waals surface area (Å²) >= 11 is 1.25. The van der Waals surface area contributed by atoms with E-state index in [1.807, 2.05) is 0 Å². The molecule has 230 valence electrons. The van der Waals surface area contributed by atoms with Gasteiger partial charge < -0.3 is 9.64 Å². The molecule has 1 aliphatic rings. The van der Waals surface area contributed by atoms with Crippen molar-refractivity contribution in [3.8, 4) is 10.4 Å². The number of halogens is 3. The Kier molecular flexibility index (Phi) is 11.0. The Balaban J connectivity index is 0.000000730. The van der Waals surface area contributed by atoms with Gasteiger partial charge in [0.15, 0.2) is 9.84 Å². The number of hydrogen-bond donors (Lipinski definition) is 0. The Bertz CT molecular complexity index is 1600. The fraction of sp³-hybridized carbons (Fsp3) is 0.393. The summed E-state index contributed by atoms with van der Waals surface area (Å²) in [5, 5.41) is 0. The summed E-state index contributed by atoms with van der Waals surface area (Å²) in [4.78, 5) is 12.3. The van der Waals surface area contributed by atoms with Crippen LogP contribution in [-0.4, -0.2) is 71.6 Å². The van der Waals surface area contributed by atoms with Gasteiger partial charge in [0.05, 0.1) is 21.5 Å². The third kappa shape index (κ3) is 8.86. The molecule has 3 aromatic rings. The van der Waals surface area contributed by atoms with Crippen LogP contribution in [0.15, 0.2) is 70.5 Å². The molecule has 2 aromatic carbocycles. The molecule has 1 fully saturated rings. The number of alkyl halides is 3. The molecule has 14 heteroatoms. The van der Waals surface area contributed by atoms with Gasteiger partial charge >= 0.3 is 6.18 Å². The largest absolute Gasteiger partial charge is 0.417 e. The van der Waals surface area contributed by atoms with Gasteiger partial charge in [-0.25, -0.2) is 16.8 Å². The van der Waals surface area contributed by atoms with E-state index >= 15 is 0 Å². The van der Waals surface area contributed by atoms with Crippen LogP contribution in [0, 0.1) is 0 Å². The molecule has 0 N–H and O–H groups in total. The maximum Gasteiger partial charge on any atom is 0.417 e. The third-order valence-electron chi connectivity index (χ3n) is 6.41. The van der Waals surface area contributed by atoms with Gasteiger partial charge in [0.25, 0.3) is 0 Å². The summed E-state index contributed by atoms with van der Waals surface area (Å²) in [5.74, 6) is 0.0926. The van der Waals surface area contributed by atoms with Crippen LogP contribution in [0.5, 0.6) is 0 Å². The minimum absolute atomic E-state index is 0.0781. The van der Waals surface area contributed by atoms with Crippen LogP contribution in [0.25, 0.3) is 10.4 Å². The van der Waals surface area contributed by atoms with Crippen LogP contribution in [0.1, 0.15) is 30.2 Å². The maximum atomic E-state index is 13.6. The number of amides is 1. The van der Waals surface area contributed by atoms with Crippen LogP contribution in [-0.2, 0) is 42.1 Å². The van der Waals surface area contributed by atoms with E-state index in [1.165, 1.54) is 41.4 Å². The lowest BCUT2D eigenvalue weighted by atomic mass is 10.2. The van der Waals surface area contributed by atoms with Gasteiger partial charge in [0.1, 0.15) is 0 Å². The highest BCUT2D eigenvalue weighted by Gasteiger charge is 2.39. The standard InChI is InChI=1S/C24H24F3NO5S3.C4H9NO/c1-35(29,30)20-8-4-6-17(14-20)22-12-11-19(34-22)16-28(15-18-7-5-13-33-18)36(31,32)23-10-3-2-9-21(23)24(25,26)27;1-4(6)5(2)3/h2-4,6,8-12,14,18H,5,7,13,15-16H2,1H3;1-3H3. The summed E-state index contributed by atoms with van der Waals surface area (Å²) < 4.78 is 98.4. The first-order chi connectivity index (χ1) is 19.5. The van der Waals surface area contributed by atoms with Crippen molar-refractivity contribution in [3.05, 3.63) is 71.1 Å². The lowest BCUT2D eigenvalue weighted by Crippen LogP contribution is -2.37. The number of benzene rings is 2. The van der Waals surface area contributed by atoms with Crippen molar-refractivity contribution < 1.29 is 39.5 Å². The first-order valence-corrected chi connectivity index (χ1v) is 17.0. The molecule has 1 aliphatic heterocycles. The van der Waals surface area contributed by atoms with Crippen molar-refractivity contribution in [2.45, 2.75) is 48.4 Å². The van der Waals surface area contributed by atoms with Crippen molar-refractivity contribution in [3.63, 3.8) is 0 Å². The van der Waals surface area contributed by atoms with Crippen molar-refractivity contribution in [2.24, 2.45) is 0 Å². The van der Waals surface area contributed by atoms with E-state index in [0.29, 0.717) is 28.3 Å². The molecule has 0 radical (unpaired) electrons. The molecule has 0 aliphatic carbocycles. The topological polar surface area (TPSA) is 101 Å². The Morgan fingerprint density at radius 3 is 2.26 bits per heavy atom. The molecule has 1 unspecified atom stereocenters. The second kappa shape index (κ2) is 13.7. The number of sulfonamides is 1. The van der Waals surface area contributed by atoms with Gasteiger partial charge in [-0.05, 0) is 54.8 Å². The minimum Gasteiger partial charge on any atom is -0.377 e. The molecule has 0 spiro atoms. The van der Waals surface area contributed by atoms with E-state index in [-0.39, 0.29) is 23.9 Å². The Morgan fingerprint density at radius 1 is 1.02 bits per heavy atom. The second-order valence-electron chi connectivity index (χ2n) is 9.91. The highest BCUT2D eigenvalue weighted by Crippen LogP contribution is 2.37. The molecule has 1 amide bonds. The average Bonchev–Trinajstić information content (AvgIpc) is 3.60. The fourth-order valence-electron chi connectivity index (χ4n) is 4.00. The molecule has 42 heavy (non-hydrogen) atoms. The van der Waals surface area contributed by atoms with E-state index in [4.69, 9.17) is 4.74 Å². The number of sulfone groups is 1. The average molecular weight is 647 g/mol. The zero-order valence-electron chi connectivity index (χ0n) is 23.6. The van der Waals surface area contributed by atoms with Gasteiger partial charge in [0, 0.05) is 56.7 Å². The number of hydrogen-bond acceptors (Lipinski definition) is 7. The summed E-state index contributed by atoms with van der Waals surface area (Å²) in [6, 6.07) is 14.0. The summed E-state index contributed by atoms with van der Waals surface area (Å²) in [6.07, 6.45) is -2.78. The molecule has 8 nitrogen and oxygen atoms in total. The molecule has 0 saturated carbocycles. The van der Waals surface area contributed by atoms with Gasteiger partial charge in [0.2, 0.25) is 15.9 Å². The summed E-state index contributed by atoms with van der Waals surface area (Å²) in [7, 11) is -4.49. The van der Waals surface area contributed by atoms with E-state index in [2.05, 4.69) is 0 Å². The second-order valence-corrected chi connectivity index (χ2v) is 15.0. The minimum atomic E-state index is -4.83. The number of carbonyl (C=O) groups is 1. The number of rotatable bonds is 8. The van der Waals surface area contributed by atoms with Crippen LogP contribution >= 0.6 is 11.3 Å². The Morgan fingerprint density at radius 2 is 1.69 bits per heavy atom. The zero-order valence-corrected chi connectivity index (χ0v) is 26.0. The Hall–Kier alpha value is -2.78. The maximum absolute atomic E-state index is 13.6. The van der Waals surface area contributed by atoms with Crippen molar-refractivity contribution in [1.82, 2.24) is 9.21 Å². The molecule has 1 saturated heterocycles. The predicted octanol–water partition coefficient (Wildman–Crippen LogP) is 5.30. The van der Waals surface area contributed by atoms with Gasteiger partial charge in [-0.1, -0.05) is 24.3 Å². The molecule has 1 atom stereocenters. The molecule has 1 aromatic heterocycles. The number of carbonyl (C=O) groups excluding carboxylic acids is 1. The van der Waals surface area contributed by atoms with Crippen molar-refractivity contribution in [2.75, 3.05) is 33.5 Å². The van der Waals surface area contributed by atoms with Crippen LogP contribution in [0.2, 0.25) is 0 Å². The zero-order chi connectivity index (χ0) is 31.3. The van der Waals surface area contributed by atoms with E-state index in [1.54, 1.807) is 38.4 Å². The SMILES string of the molecule is CC(=O)N(C)C.CS(=O)(=O)c1cccc(-c2ccc(CN(CC3CCCO3)S(=O)(=O)c3ccccc3C(F)(F)F)s2)c1. The summed E-state index contributed by atoms with van der Waals surface area (Å²) in [5.41, 5.74) is -0.572. The van der Waals surface area contributed by atoms with E-state index in [9.17, 15) is 34.8 Å². The number of ether oxygens (including phenoxy) is 1. The Labute approximate surface area is 248 Å². The third-order valence-corrected chi connectivity index (χ3v) is 10.5. The number of nitrogens with zero attached hydrogens (tertiary/aromatic N) is 2. The molecule has 2 heterocycles. The first-order valence-electron chi connectivity index (χ1n) is 12.8. The normalized spacial score (nSPS) is 15.8. The fourth-order valence-corrected chi connectivity index (χ4v) is 7.43. The highest BCUT2D eigenvalue weighted by molar-refractivity contribution is 7.90. The lowest BCUT2D eigenvalue weighted by molar-refractivity contribution is -0.140. The molecule has 4 rings (SSSR count). The monoisotopic (exact) mass is 646 g/mol. The van der Waals surface area contributed by atoms with E-state index < -0.39 is 42.6 Å². The van der Waals surface area contributed by atoms with Crippen LogP contribution in [0.3, 0.4) is 0 Å². The molecular formula is C28H33F3N2O6S3. The quantitative estimate of drug-likeness (QED) is 0.329. The van der Waals surface area contributed by atoms with Crippen molar-refractivity contribution in [1.29, 1.82) is 0 Å².